The van der Waals surface area contributed by atoms with Crippen LogP contribution in [0.3, 0.4) is 0 Å². The van der Waals surface area contributed by atoms with Gasteiger partial charge in [-0.25, -0.2) is 0 Å². The SMILES string of the molecule is COC(=O)CCCNC(=O)C(CCSC)NC(=O)CCNC(=O)c1ccc(OC)c(OC)c1. The molecule has 33 heavy (non-hydrogen) atoms. The molecule has 10 nitrogen and oxygen atoms in total. The Hall–Kier alpha value is -2.95. The highest BCUT2D eigenvalue weighted by atomic mass is 32.2. The molecule has 184 valence electrons. The van der Waals surface area contributed by atoms with Crippen molar-refractivity contribution in [3.05, 3.63) is 23.8 Å². The molecule has 0 spiro atoms. The van der Waals surface area contributed by atoms with Gasteiger partial charge in [0.2, 0.25) is 11.8 Å². The quantitative estimate of drug-likeness (QED) is 0.250. The van der Waals surface area contributed by atoms with Gasteiger partial charge in [-0.15, -0.1) is 0 Å². The topological polar surface area (TPSA) is 132 Å². The minimum absolute atomic E-state index is 0.0183. The van der Waals surface area contributed by atoms with E-state index in [0.29, 0.717) is 42.2 Å². The summed E-state index contributed by atoms with van der Waals surface area (Å²) in [7, 11) is 4.29. The number of hydrogen-bond donors (Lipinski definition) is 3. The summed E-state index contributed by atoms with van der Waals surface area (Å²) in [5.41, 5.74) is 0.372. The maximum atomic E-state index is 12.4. The van der Waals surface area contributed by atoms with Gasteiger partial charge >= 0.3 is 5.97 Å². The molecule has 3 N–H and O–H groups in total. The summed E-state index contributed by atoms with van der Waals surface area (Å²) in [4.78, 5) is 48.3. The Kier molecular flexibility index (Phi) is 13.4. The maximum Gasteiger partial charge on any atom is 0.305 e. The van der Waals surface area contributed by atoms with Gasteiger partial charge in [-0.05, 0) is 43.0 Å². The summed E-state index contributed by atoms with van der Waals surface area (Å²) in [5.74, 6) is 0.273. The normalized spacial score (nSPS) is 11.2. The monoisotopic (exact) mass is 483 g/mol. The first-order valence-corrected chi connectivity index (χ1v) is 11.9. The molecule has 0 fully saturated rings. The highest BCUT2D eigenvalue weighted by Crippen LogP contribution is 2.27. The zero-order chi connectivity index (χ0) is 24.6. The first kappa shape index (κ1) is 28.1. The average Bonchev–Trinajstić information content (AvgIpc) is 2.83. The van der Waals surface area contributed by atoms with E-state index in [1.165, 1.54) is 21.3 Å². The van der Waals surface area contributed by atoms with E-state index in [-0.39, 0.29) is 43.1 Å². The number of benzene rings is 1. The van der Waals surface area contributed by atoms with Crippen molar-refractivity contribution >= 4 is 35.5 Å². The van der Waals surface area contributed by atoms with Crippen molar-refractivity contribution in [1.29, 1.82) is 0 Å². The van der Waals surface area contributed by atoms with Crippen molar-refractivity contribution in [1.82, 2.24) is 16.0 Å². The highest BCUT2D eigenvalue weighted by Gasteiger charge is 2.20. The number of thioether (sulfide) groups is 1. The van der Waals surface area contributed by atoms with Gasteiger partial charge in [-0.1, -0.05) is 0 Å². The molecule has 0 saturated heterocycles. The molecule has 0 radical (unpaired) electrons. The van der Waals surface area contributed by atoms with E-state index in [9.17, 15) is 19.2 Å². The molecule has 0 aliphatic carbocycles. The van der Waals surface area contributed by atoms with Gasteiger partial charge in [0.15, 0.2) is 11.5 Å². The van der Waals surface area contributed by atoms with Crippen molar-refractivity contribution in [2.24, 2.45) is 0 Å². The first-order valence-electron chi connectivity index (χ1n) is 10.5. The van der Waals surface area contributed by atoms with Gasteiger partial charge in [0.1, 0.15) is 6.04 Å². The number of amides is 3. The Morgan fingerprint density at radius 3 is 2.33 bits per heavy atom. The Labute approximate surface area is 198 Å². The largest absolute Gasteiger partial charge is 0.493 e. The van der Waals surface area contributed by atoms with E-state index in [1.807, 2.05) is 6.26 Å². The van der Waals surface area contributed by atoms with Crippen LogP contribution >= 0.6 is 11.8 Å². The number of ether oxygens (including phenoxy) is 3. The van der Waals surface area contributed by atoms with Crippen LogP contribution in [0.25, 0.3) is 0 Å². The number of hydrogen-bond acceptors (Lipinski definition) is 8. The van der Waals surface area contributed by atoms with Gasteiger partial charge in [0.25, 0.3) is 5.91 Å². The lowest BCUT2D eigenvalue weighted by atomic mass is 10.1. The number of carbonyl (C=O) groups excluding carboxylic acids is 4. The third-order valence-electron chi connectivity index (χ3n) is 4.63. The first-order chi connectivity index (χ1) is 15.9. The lowest BCUT2D eigenvalue weighted by Gasteiger charge is -2.18. The molecule has 1 aromatic rings. The van der Waals surface area contributed by atoms with Gasteiger partial charge in [-0.2, -0.15) is 11.8 Å². The van der Waals surface area contributed by atoms with Crippen LogP contribution in [0.4, 0.5) is 0 Å². The predicted molar refractivity (Wildman–Crippen MR) is 126 cm³/mol. The molecule has 1 rings (SSSR count). The van der Waals surface area contributed by atoms with E-state index in [4.69, 9.17) is 9.47 Å². The summed E-state index contributed by atoms with van der Waals surface area (Å²) in [6.07, 6.45) is 3.05. The number of nitrogens with one attached hydrogen (secondary N) is 3. The van der Waals surface area contributed by atoms with Crippen molar-refractivity contribution in [2.45, 2.75) is 31.7 Å². The molecule has 0 aliphatic rings. The lowest BCUT2D eigenvalue weighted by molar-refractivity contribution is -0.140. The highest BCUT2D eigenvalue weighted by molar-refractivity contribution is 7.98. The van der Waals surface area contributed by atoms with E-state index in [0.717, 1.165) is 0 Å². The van der Waals surface area contributed by atoms with E-state index in [2.05, 4.69) is 20.7 Å². The van der Waals surface area contributed by atoms with Gasteiger partial charge in [-0.3, -0.25) is 19.2 Å². The molecule has 3 amide bonds. The van der Waals surface area contributed by atoms with E-state index < -0.39 is 6.04 Å². The minimum Gasteiger partial charge on any atom is -0.493 e. The molecular weight excluding hydrogens is 450 g/mol. The van der Waals surface area contributed by atoms with Crippen LogP contribution in [0, 0.1) is 0 Å². The zero-order valence-corrected chi connectivity index (χ0v) is 20.3. The summed E-state index contributed by atoms with van der Waals surface area (Å²) in [6.45, 7) is 0.413. The fourth-order valence-corrected chi connectivity index (χ4v) is 3.28. The minimum atomic E-state index is -0.690. The van der Waals surface area contributed by atoms with Crippen LogP contribution in [-0.4, -0.2) is 76.2 Å². The zero-order valence-electron chi connectivity index (χ0n) is 19.5. The molecule has 1 atom stereocenters. The number of carbonyl (C=O) groups is 4. The Morgan fingerprint density at radius 2 is 1.70 bits per heavy atom. The maximum absolute atomic E-state index is 12.4. The second-order valence-electron chi connectivity index (χ2n) is 6.95. The molecule has 1 unspecified atom stereocenters. The molecule has 1 aromatic carbocycles. The Morgan fingerprint density at radius 1 is 0.970 bits per heavy atom. The fraction of sp³-hybridized carbons (Fsp3) is 0.545. The number of rotatable bonds is 15. The van der Waals surface area contributed by atoms with E-state index >= 15 is 0 Å². The average molecular weight is 484 g/mol. The summed E-state index contributed by atoms with van der Waals surface area (Å²) >= 11 is 1.57. The van der Waals surface area contributed by atoms with Crippen LogP contribution in [0.1, 0.15) is 36.0 Å². The van der Waals surface area contributed by atoms with Gasteiger partial charge < -0.3 is 30.2 Å². The molecule has 0 heterocycles. The standard InChI is InChI=1S/C22H33N3O7S/c1-30-17-8-7-15(14-18(17)31-2)21(28)24-12-9-19(26)25-16(10-13-33-4)22(29)23-11-5-6-20(27)32-3/h7-8,14,16H,5-6,9-13H2,1-4H3,(H,23,29)(H,24,28)(H,25,26). The van der Waals surface area contributed by atoms with Crippen LogP contribution < -0.4 is 25.4 Å². The molecular formula is C22H33N3O7S. The number of esters is 1. The Balaban J connectivity index is 2.50. The van der Waals surface area contributed by atoms with Crippen LogP contribution in [0.5, 0.6) is 11.5 Å². The predicted octanol–water partition coefficient (Wildman–Crippen LogP) is 1.13. The smallest absolute Gasteiger partial charge is 0.305 e. The summed E-state index contributed by atoms with van der Waals surface area (Å²) in [6, 6.07) is 4.09. The Bertz CT molecular complexity index is 804. The molecule has 0 aromatic heterocycles. The van der Waals surface area contributed by atoms with Crippen molar-refractivity contribution in [3.63, 3.8) is 0 Å². The summed E-state index contributed by atoms with van der Waals surface area (Å²) < 4.78 is 14.9. The van der Waals surface area contributed by atoms with E-state index in [1.54, 1.807) is 30.0 Å². The van der Waals surface area contributed by atoms with Gasteiger partial charge in [0.05, 0.1) is 21.3 Å². The van der Waals surface area contributed by atoms with Crippen LogP contribution in [0.15, 0.2) is 18.2 Å². The third-order valence-corrected chi connectivity index (χ3v) is 5.27. The second-order valence-corrected chi connectivity index (χ2v) is 7.93. The molecule has 0 bridgehead atoms. The third kappa shape index (κ3) is 10.5. The van der Waals surface area contributed by atoms with Crippen molar-refractivity contribution < 1.29 is 33.4 Å². The van der Waals surface area contributed by atoms with Crippen LogP contribution in [-0.2, 0) is 19.1 Å². The molecule has 0 aliphatic heterocycles. The summed E-state index contributed by atoms with van der Waals surface area (Å²) in [5, 5.41) is 8.12. The fourth-order valence-electron chi connectivity index (χ4n) is 2.81. The van der Waals surface area contributed by atoms with Crippen LogP contribution in [0.2, 0.25) is 0 Å². The number of methoxy groups -OCH3 is 3. The van der Waals surface area contributed by atoms with Crippen molar-refractivity contribution in [3.8, 4) is 11.5 Å². The second kappa shape index (κ2) is 15.8. The molecule has 11 heteroatoms. The van der Waals surface area contributed by atoms with Crippen molar-refractivity contribution in [2.75, 3.05) is 46.4 Å². The lowest BCUT2D eigenvalue weighted by Crippen LogP contribution is -2.47. The molecule has 0 saturated carbocycles. The van der Waals surface area contributed by atoms with Gasteiger partial charge in [0, 0.05) is 31.5 Å².